The average Bonchev–Trinajstić information content (AvgIpc) is 3.11. The molecule has 3 N–H and O–H groups in total. The first-order valence-corrected chi connectivity index (χ1v) is 10.6. The van der Waals surface area contributed by atoms with Gasteiger partial charge in [-0.15, -0.1) is 0 Å². The van der Waals surface area contributed by atoms with Gasteiger partial charge in [0.25, 0.3) is 5.89 Å². The molecule has 146 valence electrons. The third-order valence-corrected chi connectivity index (χ3v) is 6.41. The summed E-state index contributed by atoms with van der Waals surface area (Å²) in [5, 5.41) is 6.97. The largest absolute Gasteiger partial charge is 0.383 e. The maximum atomic E-state index is 12.1. The molecule has 3 aromatic rings. The van der Waals surface area contributed by atoms with E-state index in [4.69, 9.17) is 10.3 Å². The van der Waals surface area contributed by atoms with E-state index in [1.807, 2.05) is 19.9 Å². The van der Waals surface area contributed by atoms with Gasteiger partial charge in [-0.1, -0.05) is 19.0 Å². The number of sulfone groups is 1. The highest BCUT2D eigenvalue weighted by Crippen LogP contribution is 2.29. The van der Waals surface area contributed by atoms with Gasteiger partial charge in [-0.25, -0.2) is 13.4 Å². The summed E-state index contributed by atoms with van der Waals surface area (Å²) in [6.07, 6.45) is 2.87. The number of aryl methyl sites for hydroxylation is 1. The molecule has 1 aromatic carbocycles. The molecule has 2 aromatic heterocycles. The fraction of sp³-hybridized carbons (Fsp3) is 0.333. The number of fused-ring (bicyclic) bond motifs is 1. The third-order valence-electron chi connectivity index (χ3n) is 4.52. The summed E-state index contributed by atoms with van der Waals surface area (Å²) in [4.78, 5) is 13.2. The maximum Gasteiger partial charge on any atom is 0.263 e. The minimum Gasteiger partial charge on any atom is -0.383 e. The molecule has 0 spiro atoms. The number of nitrogen functional groups attached to an aromatic ring is 1. The van der Waals surface area contributed by atoms with E-state index in [2.05, 4.69) is 25.4 Å². The van der Waals surface area contributed by atoms with Crippen molar-refractivity contribution in [3.8, 4) is 11.5 Å². The van der Waals surface area contributed by atoms with E-state index < -0.39 is 9.84 Å². The van der Waals surface area contributed by atoms with Crippen molar-refractivity contribution in [2.24, 2.45) is 0 Å². The zero-order valence-electron chi connectivity index (χ0n) is 15.5. The smallest absolute Gasteiger partial charge is 0.263 e. The summed E-state index contributed by atoms with van der Waals surface area (Å²) < 4.78 is 29.5. The second-order valence-electron chi connectivity index (χ2n) is 6.97. The van der Waals surface area contributed by atoms with E-state index in [9.17, 15) is 8.42 Å². The second-order valence-corrected chi connectivity index (χ2v) is 9.05. The predicted molar refractivity (Wildman–Crippen MR) is 104 cm³/mol. The number of hydrogen-bond donors (Lipinski definition) is 2. The minimum atomic E-state index is -3.18. The molecule has 10 heteroatoms. The van der Waals surface area contributed by atoms with Crippen molar-refractivity contribution in [2.75, 3.05) is 16.8 Å². The van der Waals surface area contributed by atoms with Crippen LogP contribution in [0.3, 0.4) is 0 Å². The minimum absolute atomic E-state index is 0.133. The van der Waals surface area contributed by atoms with Gasteiger partial charge in [-0.05, 0) is 36.6 Å². The van der Waals surface area contributed by atoms with Crippen molar-refractivity contribution < 1.29 is 12.9 Å². The van der Waals surface area contributed by atoms with Crippen LogP contribution in [0, 0.1) is 0 Å². The third kappa shape index (κ3) is 3.42. The van der Waals surface area contributed by atoms with Gasteiger partial charge in [0.15, 0.2) is 15.7 Å². The number of benzene rings is 1. The first-order valence-electron chi connectivity index (χ1n) is 8.92. The van der Waals surface area contributed by atoms with E-state index >= 15 is 0 Å². The van der Waals surface area contributed by atoms with E-state index in [0.29, 0.717) is 34.3 Å². The lowest BCUT2D eigenvalue weighted by molar-refractivity contribution is 0.419. The highest BCUT2D eigenvalue weighted by molar-refractivity contribution is 7.91. The van der Waals surface area contributed by atoms with Crippen molar-refractivity contribution >= 4 is 27.3 Å². The Morgan fingerprint density at radius 1 is 1.25 bits per heavy atom. The zero-order valence-corrected chi connectivity index (χ0v) is 16.3. The summed E-state index contributed by atoms with van der Waals surface area (Å²) >= 11 is 0. The Morgan fingerprint density at radius 3 is 2.79 bits per heavy atom. The highest BCUT2D eigenvalue weighted by Gasteiger charge is 2.23. The van der Waals surface area contributed by atoms with Crippen molar-refractivity contribution in [1.29, 1.82) is 0 Å². The topological polar surface area (TPSA) is 137 Å². The molecule has 0 aliphatic carbocycles. The molecule has 0 saturated heterocycles. The van der Waals surface area contributed by atoms with Gasteiger partial charge in [0, 0.05) is 17.8 Å². The molecular formula is C18H20N6O3S. The molecule has 1 aliphatic heterocycles. The van der Waals surface area contributed by atoms with Crippen LogP contribution in [0.25, 0.3) is 11.5 Å². The van der Waals surface area contributed by atoms with Crippen molar-refractivity contribution in [3.05, 3.63) is 35.8 Å². The van der Waals surface area contributed by atoms with E-state index in [-0.39, 0.29) is 23.4 Å². The van der Waals surface area contributed by atoms with Crippen molar-refractivity contribution in [1.82, 2.24) is 20.1 Å². The lowest BCUT2D eigenvalue weighted by Gasteiger charge is -2.17. The molecule has 1 aliphatic rings. The molecule has 28 heavy (non-hydrogen) atoms. The molecule has 0 saturated carbocycles. The van der Waals surface area contributed by atoms with E-state index in [0.717, 1.165) is 12.0 Å². The lowest BCUT2D eigenvalue weighted by atomic mass is 10.1. The van der Waals surface area contributed by atoms with Crippen LogP contribution >= 0.6 is 0 Å². The number of aromatic nitrogens is 4. The number of nitrogens with zero attached hydrogens (tertiary/aromatic N) is 4. The maximum absolute atomic E-state index is 12.1. The average molecular weight is 400 g/mol. The van der Waals surface area contributed by atoms with E-state index in [1.165, 1.54) is 6.20 Å². The summed E-state index contributed by atoms with van der Waals surface area (Å²) in [5.74, 6) is 1.68. The van der Waals surface area contributed by atoms with Crippen LogP contribution in [0.15, 0.2) is 33.8 Å². The zero-order chi connectivity index (χ0) is 19.9. The molecule has 0 bridgehead atoms. The van der Waals surface area contributed by atoms with Gasteiger partial charge in [0.05, 0.1) is 10.6 Å². The van der Waals surface area contributed by atoms with Gasteiger partial charge in [-0.3, -0.25) is 0 Å². The highest BCUT2D eigenvalue weighted by atomic mass is 32.2. The number of nitrogens with two attached hydrogens (primary N) is 1. The Hall–Kier alpha value is -3.01. The molecular weight excluding hydrogens is 380 g/mol. The molecule has 3 heterocycles. The van der Waals surface area contributed by atoms with Gasteiger partial charge in [0.2, 0.25) is 5.95 Å². The normalized spacial score (nSPS) is 15.4. The molecule has 0 radical (unpaired) electrons. The van der Waals surface area contributed by atoms with Crippen LogP contribution in [-0.2, 0) is 16.3 Å². The number of rotatable bonds is 4. The Bertz CT molecular complexity index is 1140. The fourth-order valence-corrected chi connectivity index (χ4v) is 4.63. The Labute approximate surface area is 162 Å². The predicted octanol–water partition coefficient (Wildman–Crippen LogP) is 2.70. The van der Waals surface area contributed by atoms with Crippen LogP contribution in [0.5, 0.6) is 0 Å². The molecule has 9 nitrogen and oxygen atoms in total. The van der Waals surface area contributed by atoms with Gasteiger partial charge < -0.3 is 15.6 Å². The first-order chi connectivity index (χ1) is 13.3. The molecule has 0 fully saturated rings. The number of hydrogen-bond acceptors (Lipinski definition) is 9. The Morgan fingerprint density at radius 2 is 2.07 bits per heavy atom. The van der Waals surface area contributed by atoms with Crippen LogP contribution in [0.2, 0.25) is 0 Å². The number of anilines is 3. The van der Waals surface area contributed by atoms with Crippen molar-refractivity contribution in [2.45, 2.75) is 37.5 Å². The summed E-state index contributed by atoms with van der Waals surface area (Å²) in [6, 6.07) is 5.13. The van der Waals surface area contributed by atoms with Crippen LogP contribution in [-0.4, -0.2) is 34.3 Å². The van der Waals surface area contributed by atoms with Gasteiger partial charge >= 0.3 is 0 Å². The second kappa shape index (κ2) is 6.86. The van der Waals surface area contributed by atoms with Gasteiger partial charge in [0.1, 0.15) is 11.4 Å². The summed E-state index contributed by atoms with van der Waals surface area (Å²) in [7, 11) is -3.18. The molecule has 4 rings (SSSR count). The van der Waals surface area contributed by atoms with E-state index in [1.54, 1.807) is 12.1 Å². The quantitative estimate of drug-likeness (QED) is 0.677. The van der Waals surface area contributed by atoms with Crippen LogP contribution < -0.4 is 11.1 Å². The lowest BCUT2D eigenvalue weighted by Crippen LogP contribution is -2.16. The van der Waals surface area contributed by atoms with Crippen LogP contribution in [0.1, 0.15) is 37.6 Å². The Kier molecular flexibility index (Phi) is 4.50. The molecule has 0 amide bonds. The fourth-order valence-electron chi connectivity index (χ4n) is 3.05. The first kappa shape index (κ1) is 18.4. The standard InChI is InChI=1S/C18H20N6O3S/c1-10(2)16-23-17(27-24-16)13-9-20-18(22-15(13)19)21-12-5-6-14-11(8-12)4-3-7-28(14,25)26/h5-6,8-10H,3-4,7H2,1-2H3,(H3,19,20,21,22). The van der Waals surface area contributed by atoms with Crippen LogP contribution in [0.4, 0.5) is 17.5 Å². The van der Waals surface area contributed by atoms with Gasteiger partial charge in [-0.2, -0.15) is 9.97 Å². The summed E-state index contributed by atoms with van der Waals surface area (Å²) in [5.41, 5.74) is 8.00. The summed E-state index contributed by atoms with van der Waals surface area (Å²) in [6.45, 7) is 3.93. The molecule has 0 atom stereocenters. The van der Waals surface area contributed by atoms with Crippen molar-refractivity contribution in [3.63, 3.8) is 0 Å². The monoisotopic (exact) mass is 400 g/mol. The molecule has 0 unspecified atom stereocenters. The SMILES string of the molecule is CC(C)c1noc(-c2cnc(Nc3ccc4c(c3)CCCS4(=O)=O)nc2N)n1. The Balaban J connectivity index is 1.58. The number of nitrogens with one attached hydrogen (secondary N) is 1.